The molecule has 0 atom stereocenters. The summed E-state index contributed by atoms with van der Waals surface area (Å²) in [6.07, 6.45) is 0. The Balaban J connectivity index is 2.21. The normalized spacial score (nSPS) is 10.2. The van der Waals surface area contributed by atoms with E-state index in [1.807, 2.05) is 18.2 Å². The number of nitrogens with one attached hydrogen (secondary N) is 1. The number of hydrogen-bond acceptors (Lipinski definition) is 3. The van der Waals surface area contributed by atoms with Gasteiger partial charge in [-0.1, -0.05) is 30.3 Å². The first-order chi connectivity index (χ1) is 9.63. The first-order valence-electron chi connectivity index (χ1n) is 6.59. The van der Waals surface area contributed by atoms with E-state index in [2.05, 4.69) is 37.4 Å². The number of hydrogen-bond donors (Lipinski definition) is 1. The Kier molecular flexibility index (Phi) is 4.41. The summed E-state index contributed by atoms with van der Waals surface area (Å²) in [6, 6.07) is 13.6. The second kappa shape index (κ2) is 6.24. The van der Waals surface area contributed by atoms with Crippen LogP contribution in [-0.4, -0.2) is 13.1 Å². The monoisotopic (exact) mass is 269 g/mol. The number of ether oxygens (including phenoxy) is 1. The van der Waals surface area contributed by atoms with Crippen LogP contribution in [0.1, 0.15) is 27.0 Å². The van der Waals surface area contributed by atoms with Gasteiger partial charge in [0.2, 0.25) is 0 Å². The van der Waals surface area contributed by atoms with E-state index in [1.165, 1.54) is 23.8 Å². The quantitative estimate of drug-likeness (QED) is 0.860. The molecule has 3 heteroatoms. The highest BCUT2D eigenvalue weighted by Gasteiger charge is 2.11. The minimum Gasteiger partial charge on any atom is -0.465 e. The molecule has 0 aliphatic rings. The average Bonchev–Trinajstić information content (AvgIpc) is 2.46. The van der Waals surface area contributed by atoms with E-state index in [0.717, 1.165) is 5.69 Å². The average molecular weight is 269 g/mol. The number of rotatable bonds is 4. The van der Waals surface area contributed by atoms with Crippen molar-refractivity contribution in [3.8, 4) is 0 Å². The highest BCUT2D eigenvalue weighted by Crippen LogP contribution is 2.19. The molecule has 2 rings (SSSR count). The number of para-hydroxylation sites is 1. The van der Waals surface area contributed by atoms with Crippen LogP contribution in [0, 0.1) is 13.8 Å². The Labute approximate surface area is 119 Å². The second-order valence-corrected chi connectivity index (χ2v) is 4.76. The molecule has 0 amide bonds. The fourth-order valence-corrected chi connectivity index (χ4v) is 2.24. The highest BCUT2D eigenvalue weighted by molar-refractivity contribution is 5.95. The summed E-state index contributed by atoms with van der Waals surface area (Å²) in [4.78, 5) is 11.7. The minimum atomic E-state index is -0.324. The summed E-state index contributed by atoms with van der Waals surface area (Å²) in [5, 5.41) is 3.33. The largest absolute Gasteiger partial charge is 0.465 e. The molecule has 0 aromatic heterocycles. The van der Waals surface area contributed by atoms with Gasteiger partial charge in [-0.25, -0.2) is 4.79 Å². The number of benzene rings is 2. The van der Waals surface area contributed by atoms with Crippen molar-refractivity contribution in [2.45, 2.75) is 20.4 Å². The van der Waals surface area contributed by atoms with Crippen LogP contribution in [0.3, 0.4) is 0 Å². The summed E-state index contributed by atoms with van der Waals surface area (Å²) in [7, 11) is 1.39. The lowest BCUT2D eigenvalue weighted by Gasteiger charge is -2.14. The van der Waals surface area contributed by atoms with Crippen molar-refractivity contribution < 1.29 is 9.53 Å². The van der Waals surface area contributed by atoms with Crippen LogP contribution in [-0.2, 0) is 11.3 Å². The molecule has 3 nitrogen and oxygen atoms in total. The standard InChI is InChI=1S/C17H19NO2/c1-12-7-6-8-13(2)15(12)11-18-16-10-5-4-9-14(16)17(19)20-3/h4-10,18H,11H2,1-3H3. The number of esters is 1. The number of aryl methyl sites for hydroxylation is 2. The van der Waals surface area contributed by atoms with E-state index in [1.54, 1.807) is 6.07 Å². The van der Waals surface area contributed by atoms with Crippen LogP contribution in [0.2, 0.25) is 0 Å². The summed E-state index contributed by atoms with van der Waals surface area (Å²) >= 11 is 0. The van der Waals surface area contributed by atoms with Gasteiger partial charge in [-0.2, -0.15) is 0 Å². The Hall–Kier alpha value is -2.29. The molecule has 0 saturated carbocycles. The molecule has 1 N–H and O–H groups in total. The van der Waals surface area contributed by atoms with Gasteiger partial charge in [-0.15, -0.1) is 0 Å². The molecular formula is C17H19NO2. The van der Waals surface area contributed by atoms with Gasteiger partial charge in [0, 0.05) is 12.2 Å². The molecule has 0 aliphatic carbocycles. The van der Waals surface area contributed by atoms with Crippen LogP contribution >= 0.6 is 0 Å². The van der Waals surface area contributed by atoms with Crippen molar-refractivity contribution >= 4 is 11.7 Å². The second-order valence-electron chi connectivity index (χ2n) is 4.76. The van der Waals surface area contributed by atoms with E-state index < -0.39 is 0 Å². The molecule has 0 fully saturated rings. The summed E-state index contributed by atoms with van der Waals surface area (Å²) in [6.45, 7) is 4.87. The number of carbonyl (C=O) groups is 1. The maximum absolute atomic E-state index is 11.7. The van der Waals surface area contributed by atoms with Crippen molar-refractivity contribution in [1.29, 1.82) is 0 Å². The molecule has 0 bridgehead atoms. The molecular weight excluding hydrogens is 250 g/mol. The maximum atomic E-state index is 11.7. The van der Waals surface area contributed by atoms with Gasteiger partial charge in [0.1, 0.15) is 0 Å². The zero-order chi connectivity index (χ0) is 14.5. The van der Waals surface area contributed by atoms with Crippen LogP contribution in [0.4, 0.5) is 5.69 Å². The lowest BCUT2D eigenvalue weighted by Crippen LogP contribution is -2.09. The molecule has 0 unspecified atom stereocenters. The van der Waals surface area contributed by atoms with E-state index in [9.17, 15) is 4.79 Å². The molecule has 20 heavy (non-hydrogen) atoms. The topological polar surface area (TPSA) is 38.3 Å². The zero-order valence-electron chi connectivity index (χ0n) is 12.1. The van der Waals surface area contributed by atoms with Crippen LogP contribution in [0.25, 0.3) is 0 Å². The third kappa shape index (κ3) is 2.99. The first-order valence-corrected chi connectivity index (χ1v) is 6.59. The zero-order valence-corrected chi connectivity index (χ0v) is 12.1. The van der Waals surface area contributed by atoms with Crippen LogP contribution in [0.5, 0.6) is 0 Å². The summed E-state index contributed by atoms with van der Waals surface area (Å²) < 4.78 is 4.80. The van der Waals surface area contributed by atoms with Gasteiger partial charge in [0.25, 0.3) is 0 Å². The number of anilines is 1. The minimum absolute atomic E-state index is 0.324. The van der Waals surface area contributed by atoms with Gasteiger partial charge in [0.15, 0.2) is 0 Å². The van der Waals surface area contributed by atoms with E-state index in [4.69, 9.17) is 4.74 Å². The summed E-state index contributed by atoms with van der Waals surface area (Å²) in [5.74, 6) is -0.324. The lowest BCUT2D eigenvalue weighted by molar-refractivity contribution is 0.0602. The van der Waals surface area contributed by atoms with Gasteiger partial charge in [-0.05, 0) is 42.7 Å². The summed E-state index contributed by atoms with van der Waals surface area (Å²) in [5.41, 5.74) is 5.09. The van der Waals surface area contributed by atoms with Gasteiger partial charge < -0.3 is 10.1 Å². The molecule has 2 aromatic carbocycles. The molecule has 0 saturated heterocycles. The maximum Gasteiger partial charge on any atom is 0.339 e. The highest BCUT2D eigenvalue weighted by atomic mass is 16.5. The number of carbonyl (C=O) groups excluding carboxylic acids is 1. The van der Waals surface area contributed by atoms with Crippen molar-refractivity contribution in [2.75, 3.05) is 12.4 Å². The van der Waals surface area contributed by atoms with Crippen LogP contribution in [0.15, 0.2) is 42.5 Å². The molecule has 0 spiro atoms. The predicted octanol–water partition coefficient (Wildman–Crippen LogP) is 3.70. The fourth-order valence-electron chi connectivity index (χ4n) is 2.24. The van der Waals surface area contributed by atoms with Gasteiger partial charge in [-0.3, -0.25) is 0 Å². The van der Waals surface area contributed by atoms with Gasteiger partial charge >= 0.3 is 5.97 Å². The van der Waals surface area contributed by atoms with Crippen molar-refractivity contribution in [1.82, 2.24) is 0 Å². The Morgan fingerprint density at radius 2 is 1.70 bits per heavy atom. The van der Waals surface area contributed by atoms with Crippen molar-refractivity contribution in [2.24, 2.45) is 0 Å². The fraction of sp³-hybridized carbons (Fsp3) is 0.235. The van der Waals surface area contributed by atoms with E-state index >= 15 is 0 Å². The first kappa shape index (κ1) is 14.1. The third-order valence-electron chi connectivity index (χ3n) is 3.43. The van der Waals surface area contributed by atoms with Crippen molar-refractivity contribution in [3.05, 3.63) is 64.7 Å². The molecule has 0 heterocycles. The van der Waals surface area contributed by atoms with E-state index in [0.29, 0.717) is 12.1 Å². The number of methoxy groups -OCH3 is 1. The molecule has 0 radical (unpaired) electrons. The van der Waals surface area contributed by atoms with E-state index in [-0.39, 0.29) is 5.97 Å². The predicted molar refractivity (Wildman–Crippen MR) is 81.0 cm³/mol. The Morgan fingerprint density at radius 3 is 2.35 bits per heavy atom. The SMILES string of the molecule is COC(=O)c1ccccc1NCc1c(C)cccc1C. The van der Waals surface area contributed by atoms with Gasteiger partial charge in [0.05, 0.1) is 12.7 Å². The smallest absolute Gasteiger partial charge is 0.339 e. The van der Waals surface area contributed by atoms with Crippen LogP contribution < -0.4 is 5.32 Å². The van der Waals surface area contributed by atoms with Crippen molar-refractivity contribution in [3.63, 3.8) is 0 Å². The Bertz CT molecular complexity index is 600. The molecule has 104 valence electrons. The lowest BCUT2D eigenvalue weighted by atomic mass is 10.0. The molecule has 2 aromatic rings. The molecule has 0 aliphatic heterocycles. The third-order valence-corrected chi connectivity index (χ3v) is 3.43. The Morgan fingerprint density at radius 1 is 1.05 bits per heavy atom.